The Morgan fingerprint density at radius 3 is 2.88 bits per heavy atom. The number of likely N-dealkylation sites (tertiary alicyclic amines) is 1. The van der Waals surface area contributed by atoms with Gasteiger partial charge in [0.2, 0.25) is 5.91 Å². The van der Waals surface area contributed by atoms with Crippen LogP contribution in [0, 0.1) is 0 Å². The molecule has 1 aliphatic heterocycles. The van der Waals surface area contributed by atoms with Crippen molar-refractivity contribution < 1.29 is 9.53 Å². The van der Waals surface area contributed by atoms with Crippen molar-refractivity contribution in [3.63, 3.8) is 0 Å². The molecule has 1 aliphatic rings. The summed E-state index contributed by atoms with van der Waals surface area (Å²) in [7, 11) is 0. The Kier molecular flexibility index (Phi) is 4.75. The number of H-pyrrole nitrogens is 1. The van der Waals surface area contributed by atoms with Crippen LogP contribution in [0.25, 0.3) is 33.2 Å². The minimum Gasteiger partial charge on any atom is -0.486 e. The Balaban J connectivity index is 1.27. The number of nitrogens with zero attached hydrogens (tertiary/aromatic N) is 6. The number of ether oxygens (including phenoxy) is 1. The molecule has 9 nitrogen and oxygen atoms in total. The summed E-state index contributed by atoms with van der Waals surface area (Å²) in [6.45, 7) is 4.98. The molecule has 1 amide bonds. The molecule has 1 N–H and O–H groups in total. The largest absolute Gasteiger partial charge is 0.486 e. The van der Waals surface area contributed by atoms with E-state index in [2.05, 4.69) is 25.3 Å². The molecule has 0 radical (unpaired) electrons. The van der Waals surface area contributed by atoms with Gasteiger partial charge in [-0.05, 0) is 31.2 Å². The normalized spacial score (nSPS) is 14.9. The number of hydrogen-bond donors (Lipinski definition) is 1. The Bertz CT molecular complexity index is 1510. The van der Waals surface area contributed by atoms with Crippen LogP contribution in [0.15, 0.2) is 61.2 Å². The van der Waals surface area contributed by atoms with E-state index in [9.17, 15) is 4.79 Å². The third kappa shape index (κ3) is 3.45. The third-order valence-corrected chi connectivity index (χ3v) is 6.37. The molecule has 2 aromatic carbocycles. The van der Waals surface area contributed by atoms with Crippen molar-refractivity contribution in [3.8, 4) is 17.0 Å². The number of benzene rings is 2. The molecule has 0 aliphatic carbocycles. The van der Waals surface area contributed by atoms with Crippen LogP contribution in [-0.4, -0.2) is 53.8 Å². The first kappa shape index (κ1) is 20.3. The maximum Gasteiger partial charge on any atom is 0.219 e. The van der Waals surface area contributed by atoms with E-state index in [4.69, 9.17) is 4.74 Å². The van der Waals surface area contributed by atoms with Gasteiger partial charge in [-0.25, -0.2) is 0 Å². The zero-order valence-electron chi connectivity index (χ0n) is 18.8. The second-order valence-electron chi connectivity index (χ2n) is 8.60. The first-order valence-corrected chi connectivity index (χ1v) is 11.2. The van der Waals surface area contributed by atoms with Crippen LogP contribution in [0.5, 0.6) is 5.75 Å². The van der Waals surface area contributed by atoms with Gasteiger partial charge in [-0.2, -0.15) is 10.2 Å². The fourth-order valence-electron chi connectivity index (χ4n) is 4.44. The molecule has 9 heteroatoms. The second kappa shape index (κ2) is 7.95. The number of rotatable bonds is 5. The highest BCUT2D eigenvalue weighted by atomic mass is 16.5. The van der Waals surface area contributed by atoms with Crippen molar-refractivity contribution in [2.45, 2.75) is 26.0 Å². The first-order valence-electron chi connectivity index (χ1n) is 11.2. The summed E-state index contributed by atoms with van der Waals surface area (Å²) in [6.07, 6.45) is 6.99. The van der Waals surface area contributed by atoms with E-state index in [1.807, 2.05) is 65.3 Å². The lowest BCUT2D eigenvalue weighted by Gasteiger charge is -2.38. The molecular weight excluding hydrogens is 430 g/mol. The molecule has 4 heterocycles. The van der Waals surface area contributed by atoms with E-state index in [1.165, 1.54) is 0 Å². The van der Waals surface area contributed by atoms with E-state index < -0.39 is 0 Å². The van der Waals surface area contributed by atoms with Gasteiger partial charge in [-0.1, -0.05) is 12.1 Å². The lowest BCUT2D eigenvalue weighted by molar-refractivity contribution is -0.134. The Morgan fingerprint density at radius 1 is 1.18 bits per heavy atom. The monoisotopic (exact) mass is 453 g/mol. The zero-order chi connectivity index (χ0) is 23.2. The fourth-order valence-corrected chi connectivity index (χ4v) is 4.44. The van der Waals surface area contributed by atoms with E-state index in [0.29, 0.717) is 13.1 Å². The smallest absolute Gasteiger partial charge is 0.219 e. The minimum absolute atomic E-state index is 0.0965. The van der Waals surface area contributed by atoms with Gasteiger partial charge in [0.25, 0.3) is 0 Å². The Hall–Kier alpha value is -4.27. The number of nitrogens with one attached hydrogen (secondary N) is 1. The van der Waals surface area contributed by atoms with Crippen LogP contribution in [0.1, 0.15) is 31.6 Å². The molecule has 5 aromatic rings. The van der Waals surface area contributed by atoms with Gasteiger partial charge < -0.3 is 9.64 Å². The fraction of sp³-hybridized carbons (Fsp3) is 0.240. The highest BCUT2D eigenvalue weighted by Crippen LogP contribution is 2.33. The maximum atomic E-state index is 11.5. The quantitative estimate of drug-likeness (QED) is 0.433. The highest BCUT2D eigenvalue weighted by molar-refractivity contribution is 5.93. The van der Waals surface area contributed by atoms with Crippen LogP contribution in [0.4, 0.5) is 0 Å². The standard InChI is InChI=1S/C25H23N7O2/c1-15(20-4-3-5-23-25(20)27-9-8-26-23)34-19-6-7-22-21(10-19)24(30-29-22)17-11-28-32(12-17)18-13-31(14-18)16(2)33/h3-12,15,18H,13-14H2,1-2H3,(H,29,30). The molecule has 0 spiro atoms. The van der Waals surface area contributed by atoms with Crippen molar-refractivity contribution in [2.24, 2.45) is 0 Å². The number of para-hydroxylation sites is 1. The summed E-state index contributed by atoms with van der Waals surface area (Å²) in [5.41, 5.74) is 5.33. The SMILES string of the molecule is CC(=O)N1CC(n2cc(-c3n[nH]c4ccc(OC(C)c5cccc6nccnc56)cc34)cn2)C1. The molecule has 1 fully saturated rings. The molecule has 0 saturated carbocycles. The molecule has 1 saturated heterocycles. The number of hydrogen-bond acceptors (Lipinski definition) is 6. The predicted molar refractivity (Wildman–Crippen MR) is 127 cm³/mol. The van der Waals surface area contributed by atoms with Crippen LogP contribution < -0.4 is 4.74 Å². The average Bonchev–Trinajstić information content (AvgIpc) is 3.44. The van der Waals surface area contributed by atoms with Crippen LogP contribution in [0.2, 0.25) is 0 Å². The van der Waals surface area contributed by atoms with Gasteiger partial charge in [0.1, 0.15) is 17.5 Å². The van der Waals surface area contributed by atoms with Gasteiger partial charge in [-0.15, -0.1) is 0 Å². The predicted octanol–water partition coefficient (Wildman–Crippen LogP) is 3.91. The molecule has 170 valence electrons. The minimum atomic E-state index is -0.209. The third-order valence-electron chi connectivity index (χ3n) is 6.37. The van der Waals surface area contributed by atoms with Crippen LogP contribution >= 0.6 is 0 Å². The van der Waals surface area contributed by atoms with Gasteiger partial charge in [0, 0.05) is 55.1 Å². The van der Waals surface area contributed by atoms with E-state index >= 15 is 0 Å². The summed E-state index contributed by atoms with van der Waals surface area (Å²) < 4.78 is 8.23. The van der Waals surface area contributed by atoms with Gasteiger partial charge >= 0.3 is 0 Å². The summed E-state index contributed by atoms with van der Waals surface area (Å²) >= 11 is 0. The number of amides is 1. The van der Waals surface area contributed by atoms with Crippen molar-refractivity contribution >= 4 is 27.8 Å². The number of aromatic amines is 1. The summed E-state index contributed by atoms with van der Waals surface area (Å²) in [4.78, 5) is 22.2. The van der Waals surface area contributed by atoms with E-state index in [-0.39, 0.29) is 18.1 Å². The van der Waals surface area contributed by atoms with Crippen molar-refractivity contribution in [1.82, 2.24) is 34.8 Å². The van der Waals surface area contributed by atoms with E-state index in [0.717, 1.165) is 44.5 Å². The number of aromatic nitrogens is 6. The number of fused-ring (bicyclic) bond motifs is 2. The Labute approximate surface area is 195 Å². The van der Waals surface area contributed by atoms with Crippen LogP contribution in [0.3, 0.4) is 0 Å². The maximum absolute atomic E-state index is 11.5. The second-order valence-corrected chi connectivity index (χ2v) is 8.60. The first-order chi connectivity index (χ1) is 16.6. The molecule has 0 bridgehead atoms. The molecular formula is C25H23N7O2. The number of carbonyl (C=O) groups is 1. The topological polar surface area (TPSA) is 102 Å². The molecule has 1 atom stereocenters. The summed E-state index contributed by atoms with van der Waals surface area (Å²) in [5.74, 6) is 0.839. The molecule has 3 aromatic heterocycles. The lowest BCUT2D eigenvalue weighted by Crippen LogP contribution is -2.49. The lowest BCUT2D eigenvalue weighted by atomic mass is 10.1. The number of carbonyl (C=O) groups excluding carboxylic acids is 1. The van der Waals surface area contributed by atoms with Crippen molar-refractivity contribution in [1.29, 1.82) is 0 Å². The van der Waals surface area contributed by atoms with Gasteiger partial charge in [0.05, 0.1) is 28.8 Å². The highest BCUT2D eigenvalue weighted by Gasteiger charge is 2.30. The Morgan fingerprint density at radius 2 is 2.03 bits per heavy atom. The van der Waals surface area contributed by atoms with Gasteiger partial charge in [-0.3, -0.25) is 24.5 Å². The van der Waals surface area contributed by atoms with Crippen LogP contribution in [-0.2, 0) is 4.79 Å². The average molecular weight is 454 g/mol. The molecule has 34 heavy (non-hydrogen) atoms. The van der Waals surface area contributed by atoms with Crippen molar-refractivity contribution in [3.05, 3.63) is 66.7 Å². The van der Waals surface area contributed by atoms with Crippen molar-refractivity contribution in [2.75, 3.05) is 13.1 Å². The molecule has 6 rings (SSSR count). The summed E-state index contributed by atoms with van der Waals surface area (Å²) in [6, 6.07) is 12.0. The molecule has 1 unspecified atom stereocenters. The van der Waals surface area contributed by atoms with E-state index in [1.54, 1.807) is 19.3 Å². The summed E-state index contributed by atoms with van der Waals surface area (Å²) in [5, 5.41) is 13.1. The van der Waals surface area contributed by atoms with Gasteiger partial charge in [0.15, 0.2) is 0 Å². The zero-order valence-corrected chi connectivity index (χ0v) is 18.8.